The molecule has 0 aliphatic rings. The van der Waals surface area contributed by atoms with Crippen LogP contribution in [0.4, 0.5) is 11.8 Å². The maximum atomic E-state index is 11.3. The Morgan fingerprint density at radius 2 is 2.43 bits per heavy atom. The zero-order valence-electron chi connectivity index (χ0n) is 7.44. The number of imidazole rings is 1. The van der Waals surface area contributed by atoms with E-state index in [2.05, 4.69) is 20.3 Å². The first-order valence-electron chi connectivity index (χ1n) is 3.98. The first-order chi connectivity index (χ1) is 6.75. The Morgan fingerprint density at radius 1 is 1.57 bits per heavy atom. The number of nitrogens with zero attached hydrogens (tertiary/aromatic N) is 2. The summed E-state index contributed by atoms with van der Waals surface area (Å²) in [5.41, 5.74) is 0.809. The van der Waals surface area contributed by atoms with Crippen LogP contribution in [0.5, 0.6) is 0 Å². The van der Waals surface area contributed by atoms with E-state index in [4.69, 9.17) is 0 Å². The third-order valence-electron chi connectivity index (χ3n) is 1.55. The largest absolute Gasteiger partial charge is 0.331 e. The molecular weight excluding hydrogens is 200 g/mol. The highest BCUT2D eigenvalue weighted by molar-refractivity contribution is 7.07. The molecule has 0 unspecified atom stereocenters. The van der Waals surface area contributed by atoms with Crippen LogP contribution in [0.25, 0.3) is 0 Å². The minimum Gasteiger partial charge on any atom is -0.331 e. The van der Waals surface area contributed by atoms with Gasteiger partial charge in [0.05, 0.1) is 0 Å². The lowest BCUT2D eigenvalue weighted by atomic mass is 10.6. The van der Waals surface area contributed by atoms with Crippen LogP contribution in [-0.2, 0) is 0 Å². The molecule has 0 spiro atoms. The quantitative estimate of drug-likeness (QED) is 0.779. The minimum absolute atomic E-state index is 0.105. The van der Waals surface area contributed by atoms with Crippen molar-refractivity contribution < 1.29 is 0 Å². The highest BCUT2D eigenvalue weighted by atomic mass is 32.1. The average molecular weight is 208 g/mol. The van der Waals surface area contributed by atoms with Gasteiger partial charge in [-0.2, -0.15) is 0 Å². The van der Waals surface area contributed by atoms with Gasteiger partial charge in [-0.15, -0.1) is 0 Å². The molecule has 0 aliphatic carbocycles. The van der Waals surface area contributed by atoms with Crippen molar-refractivity contribution in [2.24, 2.45) is 0 Å². The van der Waals surface area contributed by atoms with Gasteiger partial charge in [0, 0.05) is 23.5 Å². The summed E-state index contributed by atoms with van der Waals surface area (Å²) in [7, 11) is 0. The molecule has 72 valence electrons. The summed E-state index contributed by atoms with van der Waals surface area (Å²) in [6, 6.07) is 0. The third-order valence-corrected chi connectivity index (χ3v) is 2.42. The normalized spacial score (nSPS) is 10.1. The number of hydrogen-bond acceptors (Lipinski definition) is 5. The SMILES string of the molecule is Cc1csc(=O)c(Nc2ncc[nH]2)n1. The van der Waals surface area contributed by atoms with Crippen molar-refractivity contribution in [3.63, 3.8) is 0 Å². The number of nitrogens with one attached hydrogen (secondary N) is 2. The highest BCUT2D eigenvalue weighted by Gasteiger charge is 2.03. The second-order valence-electron chi connectivity index (χ2n) is 2.69. The van der Waals surface area contributed by atoms with Gasteiger partial charge in [0.15, 0.2) is 5.82 Å². The number of anilines is 2. The molecule has 0 aromatic carbocycles. The summed E-state index contributed by atoms with van der Waals surface area (Å²) in [4.78, 5) is 22.2. The van der Waals surface area contributed by atoms with E-state index in [-0.39, 0.29) is 4.74 Å². The van der Waals surface area contributed by atoms with Crippen LogP contribution in [0.2, 0.25) is 0 Å². The van der Waals surface area contributed by atoms with E-state index in [0.29, 0.717) is 11.8 Å². The molecule has 0 saturated carbocycles. The fourth-order valence-corrected chi connectivity index (χ4v) is 1.51. The van der Waals surface area contributed by atoms with Crippen molar-refractivity contribution in [2.75, 3.05) is 5.32 Å². The average Bonchev–Trinajstić information content (AvgIpc) is 2.64. The summed E-state index contributed by atoms with van der Waals surface area (Å²) in [5.74, 6) is 0.831. The fraction of sp³-hybridized carbons (Fsp3) is 0.125. The van der Waals surface area contributed by atoms with Crippen molar-refractivity contribution in [2.45, 2.75) is 6.92 Å². The van der Waals surface area contributed by atoms with Gasteiger partial charge in [-0.25, -0.2) is 9.97 Å². The Bertz CT molecular complexity index is 476. The van der Waals surface area contributed by atoms with E-state index in [1.165, 1.54) is 0 Å². The zero-order chi connectivity index (χ0) is 9.97. The monoisotopic (exact) mass is 208 g/mol. The lowest BCUT2D eigenvalue weighted by Gasteiger charge is -1.99. The van der Waals surface area contributed by atoms with Gasteiger partial charge in [-0.3, -0.25) is 4.79 Å². The number of hydrogen-bond donors (Lipinski definition) is 2. The predicted octanol–water partition coefficient (Wildman–Crippen LogP) is 1.28. The Kier molecular flexibility index (Phi) is 2.28. The van der Waals surface area contributed by atoms with Gasteiger partial charge in [-0.1, -0.05) is 11.3 Å². The fourth-order valence-electron chi connectivity index (χ4n) is 0.968. The Balaban J connectivity index is 2.33. The molecule has 0 radical (unpaired) electrons. The maximum Gasteiger partial charge on any atom is 0.275 e. The van der Waals surface area contributed by atoms with E-state index in [9.17, 15) is 4.79 Å². The van der Waals surface area contributed by atoms with Crippen LogP contribution in [0, 0.1) is 6.92 Å². The third kappa shape index (κ3) is 1.80. The molecule has 0 amide bonds. The number of rotatable bonds is 2. The lowest BCUT2D eigenvalue weighted by Crippen LogP contribution is -2.07. The summed E-state index contributed by atoms with van der Waals surface area (Å²) in [6.07, 6.45) is 3.28. The smallest absolute Gasteiger partial charge is 0.275 e. The first-order valence-corrected chi connectivity index (χ1v) is 4.86. The number of H-pyrrole nitrogens is 1. The lowest BCUT2D eigenvalue weighted by molar-refractivity contribution is 1.18. The van der Waals surface area contributed by atoms with Gasteiger partial charge < -0.3 is 10.3 Å². The molecule has 14 heavy (non-hydrogen) atoms. The van der Waals surface area contributed by atoms with Crippen LogP contribution in [0.15, 0.2) is 22.6 Å². The second kappa shape index (κ2) is 3.59. The molecule has 5 nitrogen and oxygen atoms in total. The standard InChI is InChI=1S/C8H8N4OS/c1-5-4-14-7(13)6(11-5)12-8-9-2-3-10-8/h2-4H,1H3,(H2,9,10,11,12). The Labute approximate surface area is 83.9 Å². The van der Waals surface area contributed by atoms with Crippen LogP contribution < -0.4 is 10.1 Å². The van der Waals surface area contributed by atoms with Crippen molar-refractivity contribution in [3.8, 4) is 0 Å². The number of aryl methyl sites for hydroxylation is 1. The molecule has 0 fully saturated rings. The molecule has 6 heteroatoms. The summed E-state index contributed by atoms with van der Waals surface area (Å²) in [5, 5.41) is 4.53. The van der Waals surface area contributed by atoms with Gasteiger partial charge in [0.1, 0.15) is 0 Å². The molecule has 2 N–H and O–H groups in total. The molecule has 0 atom stereocenters. The summed E-state index contributed by atoms with van der Waals surface area (Å²) in [6.45, 7) is 1.84. The minimum atomic E-state index is -0.105. The van der Waals surface area contributed by atoms with E-state index >= 15 is 0 Å². The van der Waals surface area contributed by atoms with Gasteiger partial charge in [-0.05, 0) is 6.92 Å². The second-order valence-corrected chi connectivity index (χ2v) is 3.53. The van der Waals surface area contributed by atoms with Crippen molar-refractivity contribution >= 4 is 23.1 Å². The van der Waals surface area contributed by atoms with E-state index in [1.54, 1.807) is 17.8 Å². The number of aromatic nitrogens is 3. The van der Waals surface area contributed by atoms with Gasteiger partial charge in [0.25, 0.3) is 4.74 Å². The van der Waals surface area contributed by atoms with E-state index in [1.807, 2.05) is 6.92 Å². The molecular formula is C8H8N4OS. The first kappa shape index (κ1) is 8.89. The van der Waals surface area contributed by atoms with Crippen molar-refractivity contribution in [1.29, 1.82) is 0 Å². The molecule has 0 saturated heterocycles. The highest BCUT2D eigenvalue weighted by Crippen LogP contribution is 2.06. The van der Waals surface area contributed by atoms with Crippen LogP contribution in [0.3, 0.4) is 0 Å². The molecule has 2 aromatic rings. The summed E-state index contributed by atoms with van der Waals surface area (Å²) < 4.78 is -0.105. The Hall–Kier alpha value is -1.69. The molecule has 0 aliphatic heterocycles. The molecule has 0 bridgehead atoms. The van der Waals surface area contributed by atoms with E-state index in [0.717, 1.165) is 17.0 Å². The van der Waals surface area contributed by atoms with Crippen LogP contribution in [0.1, 0.15) is 5.69 Å². The maximum absolute atomic E-state index is 11.3. The van der Waals surface area contributed by atoms with Crippen LogP contribution in [-0.4, -0.2) is 15.0 Å². The van der Waals surface area contributed by atoms with Gasteiger partial charge >= 0.3 is 0 Å². The molecule has 2 aromatic heterocycles. The topological polar surface area (TPSA) is 70.7 Å². The Morgan fingerprint density at radius 3 is 3.14 bits per heavy atom. The number of aromatic amines is 1. The summed E-state index contributed by atoms with van der Waals surface area (Å²) >= 11 is 1.12. The zero-order valence-corrected chi connectivity index (χ0v) is 8.26. The van der Waals surface area contributed by atoms with Crippen LogP contribution >= 0.6 is 11.3 Å². The predicted molar refractivity (Wildman–Crippen MR) is 55.0 cm³/mol. The van der Waals surface area contributed by atoms with E-state index < -0.39 is 0 Å². The van der Waals surface area contributed by atoms with Crippen molar-refractivity contribution in [1.82, 2.24) is 15.0 Å². The molecule has 2 rings (SSSR count). The van der Waals surface area contributed by atoms with Gasteiger partial charge in [0.2, 0.25) is 5.95 Å². The van der Waals surface area contributed by atoms with Crippen molar-refractivity contribution in [3.05, 3.63) is 33.0 Å². The molecule has 2 heterocycles.